The van der Waals surface area contributed by atoms with Gasteiger partial charge in [-0.15, -0.1) is 0 Å². The minimum atomic E-state index is 0.870. The van der Waals surface area contributed by atoms with Crippen molar-refractivity contribution >= 4 is 60.1 Å². The van der Waals surface area contributed by atoms with Gasteiger partial charge >= 0.3 is 0 Å². The first-order valence-corrected chi connectivity index (χ1v) is 8.33. The van der Waals surface area contributed by atoms with Gasteiger partial charge in [0.2, 0.25) is 5.71 Å². The van der Waals surface area contributed by atoms with Crippen molar-refractivity contribution in [3.63, 3.8) is 0 Å². The predicted molar refractivity (Wildman–Crippen MR) is 99.6 cm³/mol. The van der Waals surface area contributed by atoms with E-state index in [4.69, 9.17) is 8.83 Å². The summed E-state index contributed by atoms with van der Waals surface area (Å²) < 4.78 is 16.0. The third kappa shape index (κ3) is 1.12. The fourth-order valence-corrected chi connectivity index (χ4v) is 4.67. The molecule has 0 spiro atoms. The van der Waals surface area contributed by atoms with Crippen molar-refractivity contribution in [1.82, 2.24) is 8.97 Å². The van der Waals surface area contributed by atoms with Crippen LogP contribution in [0.2, 0.25) is 0 Å². The molecule has 0 saturated heterocycles. The van der Waals surface area contributed by atoms with Crippen LogP contribution in [0, 0.1) is 0 Å². The minimum Gasteiger partial charge on any atom is -0.470 e. The Hall–Kier alpha value is -3.40. The van der Waals surface area contributed by atoms with Crippen molar-refractivity contribution in [2.45, 2.75) is 0 Å². The average molecular weight is 324 g/mol. The van der Waals surface area contributed by atoms with Gasteiger partial charge in [-0.2, -0.15) is 0 Å². The lowest BCUT2D eigenvalue weighted by Gasteiger charge is -2.00. The topological polar surface area (TPSA) is 35.6 Å². The van der Waals surface area contributed by atoms with E-state index >= 15 is 0 Å². The lowest BCUT2D eigenvalue weighted by molar-refractivity contribution is 0.570. The Balaban J connectivity index is 2.10. The van der Waals surface area contributed by atoms with Crippen molar-refractivity contribution in [2.75, 3.05) is 0 Å². The standard InChI is InChI=1S/C21H12N2O2/c1-22-15-4-2-3-11-14-9-24-10-17(14)23-20-12(13-7-8-25-21(13)23)5-6-16(22)19(20)18(11)15/h2-10H,1H3. The molecule has 0 atom stereocenters. The molecule has 0 unspecified atom stereocenters. The molecule has 2 aromatic carbocycles. The zero-order valence-electron chi connectivity index (χ0n) is 13.4. The molecule has 0 aliphatic carbocycles. The van der Waals surface area contributed by atoms with Gasteiger partial charge in [0, 0.05) is 39.5 Å². The Kier molecular flexibility index (Phi) is 1.75. The first-order chi connectivity index (χ1) is 12.3. The van der Waals surface area contributed by atoms with Gasteiger partial charge in [-0.1, -0.05) is 12.1 Å². The third-order valence-electron chi connectivity index (χ3n) is 5.71. The smallest absolute Gasteiger partial charge is 0.212 e. The van der Waals surface area contributed by atoms with Crippen LogP contribution >= 0.6 is 0 Å². The van der Waals surface area contributed by atoms with Gasteiger partial charge in [0.1, 0.15) is 12.5 Å². The van der Waals surface area contributed by atoms with E-state index in [9.17, 15) is 0 Å². The Morgan fingerprint density at radius 1 is 0.760 bits per heavy atom. The molecule has 0 amide bonds. The Morgan fingerprint density at radius 2 is 1.68 bits per heavy atom. The fourth-order valence-electron chi connectivity index (χ4n) is 4.67. The highest BCUT2D eigenvalue weighted by atomic mass is 16.3. The van der Waals surface area contributed by atoms with Gasteiger partial charge in [-0.25, -0.2) is 0 Å². The first kappa shape index (κ1) is 12.0. The molecule has 0 saturated carbocycles. The van der Waals surface area contributed by atoms with E-state index in [2.05, 4.69) is 46.3 Å². The van der Waals surface area contributed by atoms with Crippen molar-refractivity contribution in [2.24, 2.45) is 7.05 Å². The molecule has 0 N–H and O–H groups in total. The highest BCUT2D eigenvalue weighted by Gasteiger charge is 2.22. The summed E-state index contributed by atoms with van der Waals surface area (Å²) in [6.07, 6.45) is 5.42. The molecule has 5 aromatic heterocycles. The van der Waals surface area contributed by atoms with Crippen molar-refractivity contribution in [1.29, 1.82) is 0 Å². The van der Waals surface area contributed by atoms with Gasteiger partial charge in [0.25, 0.3) is 0 Å². The zero-order chi connectivity index (χ0) is 16.3. The number of rotatable bonds is 0. The van der Waals surface area contributed by atoms with Gasteiger partial charge in [-0.3, -0.25) is 4.40 Å². The van der Waals surface area contributed by atoms with E-state index in [1.165, 1.54) is 38.1 Å². The normalized spacial score (nSPS) is 13.0. The second-order valence-electron chi connectivity index (χ2n) is 6.76. The fraction of sp³-hybridized carbons (Fsp3) is 0.0476. The number of aryl methyl sites for hydroxylation is 1. The highest BCUT2D eigenvalue weighted by molar-refractivity contribution is 6.32. The average Bonchev–Trinajstić information content (AvgIpc) is 3.36. The Bertz CT molecular complexity index is 1600. The lowest BCUT2D eigenvalue weighted by atomic mass is 10.1. The van der Waals surface area contributed by atoms with E-state index in [-0.39, 0.29) is 0 Å². The van der Waals surface area contributed by atoms with Crippen LogP contribution in [0.5, 0.6) is 0 Å². The van der Waals surface area contributed by atoms with Crippen LogP contribution in [-0.4, -0.2) is 8.97 Å². The Labute approximate surface area is 140 Å². The quantitative estimate of drug-likeness (QED) is 0.360. The molecule has 0 aliphatic rings. The monoisotopic (exact) mass is 324 g/mol. The molecule has 4 nitrogen and oxygen atoms in total. The molecular formula is C21H12N2O2. The molecule has 5 heterocycles. The lowest BCUT2D eigenvalue weighted by Crippen LogP contribution is -1.87. The predicted octanol–water partition coefficient (Wildman–Crippen LogP) is 5.67. The molecule has 0 fully saturated rings. The maximum atomic E-state index is 5.89. The van der Waals surface area contributed by atoms with E-state index in [0.29, 0.717) is 0 Å². The van der Waals surface area contributed by atoms with Crippen LogP contribution < -0.4 is 0 Å². The van der Waals surface area contributed by atoms with Crippen LogP contribution in [-0.2, 0) is 7.05 Å². The van der Waals surface area contributed by atoms with E-state index < -0.39 is 0 Å². The summed E-state index contributed by atoms with van der Waals surface area (Å²) in [7, 11) is 2.13. The second kappa shape index (κ2) is 3.64. The van der Waals surface area contributed by atoms with Crippen LogP contribution in [0.4, 0.5) is 0 Å². The SMILES string of the molecule is Cn1c2cccc3c4cocc4n4c5occc5c5ccc1c(c32)c54. The maximum Gasteiger partial charge on any atom is 0.212 e. The van der Waals surface area contributed by atoms with Gasteiger partial charge < -0.3 is 13.4 Å². The third-order valence-corrected chi connectivity index (χ3v) is 5.71. The van der Waals surface area contributed by atoms with E-state index in [1.54, 1.807) is 6.26 Å². The number of aromatic nitrogens is 2. The number of hydrogen-bond donors (Lipinski definition) is 0. The maximum absolute atomic E-state index is 5.89. The number of hydrogen-bond acceptors (Lipinski definition) is 2. The van der Waals surface area contributed by atoms with Crippen LogP contribution in [0.25, 0.3) is 60.1 Å². The van der Waals surface area contributed by atoms with E-state index in [1.807, 2.05) is 18.6 Å². The second-order valence-corrected chi connectivity index (χ2v) is 6.76. The molecule has 25 heavy (non-hydrogen) atoms. The van der Waals surface area contributed by atoms with Gasteiger partial charge in [0.05, 0.1) is 22.8 Å². The van der Waals surface area contributed by atoms with Crippen LogP contribution in [0.15, 0.2) is 64.0 Å². The van der Waals surface area contributed by atoms with Gasteiger partial charge in [-0.05, 0) is 29.7 Å². The van der Waals surface area contributed by atoms with E-state index in [0.717, 1.165) is 22.0 Å². The molecule has 0 radical (unpaired) electrons. The molecule has 0 aliphatic heterocycles. The summed E-state index contributed by atoms with van der Waals surface area (Å²) in [5.74, 6) is 0. The number of benzene rings is 2. The summed E-state index contributed by atoms with van der Waals surface area (Å²) >= 11 is 0. The largest absolute Gasteiger partial charge is 0.470 e. The molecule has 118 valence electrons. The summed E-state index contributed by atoms with van der Waals surface area (Å²) in [5.41, 5.74) is 5.57. The molecule has 7 rings (SSSR count). The number of fused-ring (bicyclic) bond motifs is 6. The summed E-state index contributed by atoms with van der Waals surface area (Å²) in [6, 6.07) is 13.0. The highest BCUT2D eigenvalue weighted by Crippen LogP contribution is 2.43. The minimum absolute atomic E-state index is 0.870. The van der Waals surface area contributed by atoms with Crippen molar-refractivity contribution < 1.29 is 8.83 Å². The molecule has 0 bridgehead atoms. The van der Waals surface area contributed by atoms with Gasteiger partial charge in [0.15, 0.2) is 0 Å². The van der Waals surface area contributed by atoms with Crippen molar-refractivity contribution in [3.8, 4) is 0 Å². The molecular weight excluding hydrogens is 312 g/mol. The van der Waals surface area contributed by atoms with Crippen molar-refractivity contribution in [3.05, 3.63) is 55.2 Å². The van der Waals surface area contributed by atoms with Crippen LogP contribution in [0.3, 0.4) is 0 Å². The number of furan rings is 2. The number of nitrogens with zero attached hydrogens (tertiary/aromatic N) is 2. The zero-order valence-corrected chi connectivity index (χ0v) is 13.4. The Morgan fingerprint density at radius 3 is 2.64 bits per heavy atom. The summed E-state index contributed by atoms with van der Waals surface area (Å²) in [5, 5.41) is 7.24. The molecule has 4 heteroatoms. The first-order valence-electron chi connectivity index (χ1n) is 8.33. The molecule has 7 aromatic rings. The summed E-state index contributed by atoms with van der Waals surface area (Å²) in [4.78, 5) is 0. The van der Waals surface area contributed by atoms with Crippen LogP contribution in [0.1, 0.15) is 0 Å². The summed E-state index contributed by atoms with van der Waals surface area (Å²) in [6.45, 7) is 0.